The van der Waals surface area contributed by atoms with E-state index >= 15 is 0 Å². The maximum atomic E-state index is 5.66. The first-order chi connectivity index (χ1) is 6.81. The van der Waals surface area contributed by atoms with Gasteiger partial charge < -0.3 is 5.73 Å². The molecule has 0 saturated heterocycles. The van der Waals surface area contributed by atoms with Crippen LogP contribution in [0.15, 0.2) is 12.3 Å². The summed E-state index contributed by atoms with van der Waals surface area (Å²) in [6.07, 6.45) is 4.99. The van der Waals surface area contributed by atoms with E-state index in [4.69, 9.17) is 5.73 Å². The lowest BCUT2D eigenvalue weighted by atomic mass is 10.1. The Morgan fingerprint density at radius 2 is 2.21 bits per heavy atom. The van der Waals surface area contributed by atoms with Crippen LogP contribution < -0.4 is 5.73 Å². The lowest BCUT2D eigenvalue weighted by molar-refractivity contribution is 0.624. The molecule has 1 rings (SSSR count). The zero-order chi connectivity index (χ0) is 10.4. The van der Waals surface area contributed by atoms with Crippen LogP contribution in [0, 0.1) is 0 Å². The van der Waals surface area contributed by atoms with Crippen LogP contribution in [-0.2, 0) is 6.42 Å². The third kappa shape index (κ3) is 2.77. The first-order valence-corrected chi connectivity index (χ1v) is 5.33. The van der Waals surface area contributed by atoms with E-state index in [1.165, 1.54) is 0 Å². The molecule has 1 heterocycles. The van der Waals surface area contributed by atoms with Crippen molar-refractivity contribution in [2.75, 3.05) is 6.54 Å². The Labute approximate surface area is 85.8 Å². The van der Waals surface area contributed by atoms with Gasteiger partial charge in [0.15, 0.2) is 0 Å². The van der Waals surface area contributed by atoms with Crippen molar-refractivity contribution >= 4 is 0 Å². The molecule has 0 aliphatic rings. The summed E-state index contributed by atoms with van der Waals surface area (Å²) >= 11 is 0. The minimum atomic E-state index is 0.312. The Kier molecular flexibility index (Phi) is 4.53. The average molecular weight is 193 g/mol. The molecule has 0 aliphatic heterocycles. The highest BCUT2D eigenvalue weighted by Gasteiger charge is 2.10. The Hall–Kier alpha value is -0.960. The number of rotatable bonds is 5. The summed E-state index contributed by atoms with van der Waals surface area (Å²) in [6.45, 7) is 4.90. The summed E-state index contributed by atoms with van der Waals surface area (Å²) in [7, 11) is 0. The number of hydrogen-bond donors (Lipinski definition) is 1. The second kappa shape index (κ2) is 5.70. The van der Waals surface area contributed by atoms with Gasteiger partial charge in [-0.15, -0.1) is 0 Å². The van der Waals surface area contributed by atoms with Gasteiger partial charge in [-0.3, -0.25) is 0 Å². The molecule has 0 saturated carbocycles. The van der Waals surface area contributed by atoms with Crippen molar-refractivity contribution in [2.24, 2.45) is 5.73 Å². The normalized spacial score (nSPS) is 12.8. The SMILES string of the molecule is CCCc1ccnc(C(CC)CN)n1. The number of hydrogen-bond acceptors (Lipinski definition) is 3. The molecule has 78 valence electrons. The van der Waals surface area contributed by atoms with E-state index in [2.05, 4.69) is 23.8 Å². The average Bonchev–Trinajstić information content (AvgIpc) is 2.21. The summed E-state index contributed by atoms with van der Waals surface area (Å²) in [5.41, 5.74) is 6.79. The predicted octanol–water partition coefficient (Wildman–Crippen LogP) is 1.88. The van der Waals surface area contributed by atoms with Crippen LogP contribution in [-0.4, -0.2) is 16.5 Å². The summed E-state index contributed by atoms with van der Waals surface area (Å²) in [4.78, 5) is 8.79. The molecule has 0 fully saturated rings. The highest BCUT2D eigenvalue weighted by molar-refractivity contribution is 5.06. The van der Waals surface area contributed by atoms with Crippen LogP contribution in [0.5, 0.6) is 0 Å². The van der Waals surface area contributed by atoms with E-state index in [0.717, 1.165) is 30.8 Å². The number of nitrogens with two attached hydrogens (primary N) is 1. The van der Waals surface area contributed by atoms with E-state index < -0.39 is 0 Å². The van der Waals surface area contributed by atoms with E-state index in [0.29, 0.717) is 12.5 Å². The van der Waals surface area contributed by atoms with Crippen LogP contribution in [0.2, 0.25) is 0 Å². The highest BCUT2D eigenvalue weighted by atomic mass is 14.9. The van der Waals surface area contributed by atoms with Gasteiger partial charge >= 0.3 is 0 Å². The molecule has 0 spiro atoms. The van der Waals surface area contributed by atoms with E-state index in [1.807, 2.05) is 12.3 Å². The van der Waals surface area contributed by atoms with Crippen molar-refractivity contribution in [2.45, 2.75) is 39.0 Å². The molecule has 0 amide bonds. The summed E-state index contributed by atoms with van der Waals surface area (Å²) in [5.74, 6) is 1.22. The number of aryl methyl sites for hydroxylation is 1. The van der Waals surface area contributed by atoms with Gasteiger partial charge in [-0.1, -0.05) is 20.3 Å². The first-order valence-electron chi connectivity index (χ1n) is 5.33. The molecular weight excluding hydrogens is 174 g/mol. The fourth-order valence-corrected chi connectivity index (χ4v) is 1.46. The number of nitrogens with zero attached hydrogens (tertiary/aromatic N) is 2. The van der Waals surface area contributed by atoms with Gasteiger partial charge in [-0.2, -0.15) is 0 Å². The lowest BCUT2D eigenvalue weighted by Gasteiger charge is -2.10. The van der Waals surface area contributed by atoms with Crippen LogP contribution in [0.25, 0.3) is 0 Å². The minimum Gasteiger partial charge on any atom is -0.330 e. The fourth-order valence-electron chi connectivity index (χ4n) is 1.46. The topological polar surface area (TPSA) is 51.8 Å². The molecular formula is C11H19N3. The monoisotopic (exact) mass is 193 g/mol. The third-order valence-electron chi connectivity index (χ3n) is 2.38. The van der Waals surface area contributed by atoms with Gasteiger partial charge in [0.2, 0.25) is 0 Å². The second-order valence-electron chi connectivity index (χ2n) is 3.50. The van der Waals surface area contributed by atoms with Gasteiger partial charge in [0.1, 0.15) is 5.82 Å². The van der Waals surface area contributed by atoms with Gasteiger partial charge in [0, 0.05) is 24.4 Å². The van der Waals surface area contributed by atoms with Crippen LogP contribution in [0.1, 0.15) is 44.1 Å². The van der Waals surface area contributed by atoms with Gasteiger partial charge in [-0.25, -0.2) is 9.97 Å². The van der Waals surface area contributed by atoms with E-state index in [1.54, 1.807) is 0 Å². The zero-order valence-corrected chi connectivity index (χ0v) is 9.03. The van der Waals surface area contributed by atoms with Crippen LogP contribution >= 0.6 is 0 Å². The third-order valence-corrected chi connectivity index (χ3v) is 2.38. The number of aromatic nitrogens is 2. The second-order valence-corrected chi connectivity index (χ2v) is 3.50. The van der Waals surface area contributed by atoms with Gasteiger partial charge in [0.25, 0.3) is 0 Å². The summed E-state index contributed by atoms with van der Waals surface area (Å²) < 4.78 is 0. The van der Waals surface area contributed by atoms with Crippen molar-refractivity contribution in [3.63, 3.8) is 0 Å². The standard InChI is InChI=1S/C11H19N3/c1-3-5-10-6-7-13-11(14-10)9(4-2)8-12/h6-7,9H,3-5,8,12H2,1-2H3. The molecule has 0 bridgehead atoms. The Morgan fingerprint density at radius 3 is 2.79 bits per heavy atom. The molecule has 1 aromatic heterocycles. The van der Waals surface area contributed by atoms with Crippen molar-refractivity contribution in [3.05, 3.63) is 23.8 Å². The Bertz CT molecular complexity index is 269. The van der Waals surface area contributed by atoms with E-state index in [-0.39, 0.29) is 0 Å². The molecule has 14 heavy (non-hydrogen) atoms. The maximum Gasteiger partial charge on any atom is 0.132 e. The Morgan fingerprint density at radius 1 is 1.43 bits per heavy atom. The van der Waals surface area contributed by atoms with Crippen molar-refractivity contribution < 1.29 is 0 Å². The quantitative estimate of drug-likeness (QED) is 0.776. The molecule has 3 nitrogen and oxygen atoms in total. The molecule has 1 unspecified atom stereocenters. The Balaban J connectivity index is 2.81. The predicted molar refractivity (Wildman–Crippen MR) is 58.1 cm³/mol. The maximum absolute atomic E-state index is 5.66. The molecule has 1 atom stereocenters. The molecule has 3 heteroatoms. The van der Waals surface area contributed by atoms with Gasteiger partial charge in [-0.05, 0) is 18.9 Å². The summed E-state index contributed by atoms with van der Waals surface area (Å²) in [5, 5.41) is 0. The first kappa shape index (κ1) is 11.1. The molecule has 2 N–H and O–H groups in total. The molecule has 0 radical (unpaired) electrons. The summed E-state index contributed by atoms with van der Waals surface area (Å²) in [6, 6.07) is 1.98. The largest absolute Gasteiger partial charge is 0.330 e. The lowest BCUT2D eigenvalue weighted by Crippen LogP contribution is -2.15. The van der Waals surface area contributed by atoms with Crippen LogP contribution in [0.4, 0.5) is 0 Å². The van der Waals surface area contributed by atoms with E-state index in [9.17, 15) is 0 Å². The van der Waals surface area contributed by atoms with Crippen LogP contribution in [0.3, 0.4) is 0 Å². The minimum absolute atomic E-state index is 0.312. The smallest absolute Gasteiger partial charge is 0.132 e. The van der Waals surface area contributed by atoms with Crippen molar-refractivity contribution in [3.8, 4) is 0 Å². The van der Waals surface area contributed by atoms with Crippen molar-refractivity contribution in [1.82, 2.24) is 9.97 Å². The highest BCUT2D eigenvalue weighted by Crippen LogP contribution is 2.13. The van der Waals surface area contributed by atoms with Gasteiger partial charge in [0.05, 0.1) is 0 Å². The molecule has 1 aromatic rings. The fraction of sp³-hybridized carbons (Fsp3) is 0.636. The van der Waals surface area contributed by atoms with Crippen molar-refractivity contribution in [1.29, 1.82) is 0 Å². The molecule has 0 aromatic carbocycles. The zero-order valence-electron chi connectivity index (χ0n) is 9.03. The molecule has 0 aliphatic carbocycles.